The summed E-state index contributed by atoms with van der Waals surface area (Å²) >= 11 is 6.48. The van der Waals surface area contributed by atoms with Crippen molar-refractivity contribution in [3.05, 3.63) is 39.9 Å². The minimum absolute atomic E-state index is 0.0492. The molecule has 2 aromatic rings. The van der Waals surface area contributed by atoms with Crippen molar-refractivity contribution in [3.8, 4) is 0 Å². The number of thiophene rings is 1. The van der Waals surface area contributed by atoms with Gasteiger partial charge in [0.25, 0.3) is 10.0 Å². The lowest BCUT2D eigenvalue weighted by Gasteiger charge is -2.11. The van der Waals surface area contributed by atoms with Crippen LogP contribution in [0.1, 0.15) is 11.3 Å². The van der Waals surface area contributed by atoms with Crippen LogP contribution in [0.2, 0.25) is 4.34 Å². The largest absolute Gasteiger partial charge is 0.418 e. The molecule has 0 aliphatic carbocycles. The number of hydrogen-bond acceptors (Lipinski definition) is 4. The summed E-state index contributed by atoms with van der Waals surface area (Å²) in [6.07, 6.45) is -4.53. The molecule has 1 N–H and O–H groups in total. The molecule has 2 aromatic heterocycles. The highest BCUT2D eigenvalue weighted by molar-refractivity contribution is 7.94. The van der Waals surface area contributed by atoms with E-state index in [9.17, 15) is 21.6 Å². The predicted octanol–water partition coefficient (Wildman–Crippen LogP) is 3.92. The Hall–Kier alpha value is -1.32. The Morgan fingerprint density at radius 1 is 1.24 bits per heavy atom. The Morgan fingerprint density at radius 3 is 2.38 bits per heavy atom. The zero-order chi connectivity index (χ0) is 15.8. The molecule has 0 saturated heterocycles. The van der Waals surface area contributed by atoms with Crippen LogP contribution in [0.5, 0.6) is 0 Å². The fraction of sp³-hybridized carbons (Fsp3) is 0.182. The lowest BCUT2D eigenvalue weighted by atomic mass is 10.2. The van der Waals surface area contributed by atoms with E-state index in [-0.39, 0.29) is 20.1 Å². The number of halogens is 4. The van der Waals surface area contributed by atoms with E-state index in [1.54, 1.807) is 0 Å². The SMILES string of the molecule is Cc1nc(NS(=O)(=O)c2ccc(Cl)s2)ccc1C(F)(F)F. The zero-order valence-corrected chi connectivity index (χ0v) is 12.8. The summed E-state index contributed by atoms with van der Waals surface area (Å²) in [7, 11) is -3.92. The van der Waals surface area contributed by atoms with Gasteiger partial charge in [0.05, 0.1) is 15.6 Å². The van der Waals surface area contributed by atoms with Gasteiger partial charge in [-0.2, -0.15) is 13.2 Å². The van der Waals surface area contributed by atoms with E-state index in [0.717, 1.165) is 30.4 Å². The molecule has 0 amide bonds. The second kappa shape index (κ2) is 5.47. The summed E-state index contributed by atoms with van der Waals surface area (Å²) in [4.78, 5) is 3.62. The van der Waals surface area contributed by atoms with Gasteiger partial charge in [-0.3, -0.25) is 4.72 Å². The van der Waals surface area contributed by atoms with Crippen molar-refractivity contribution in [1.29, 1.82) is 0 Å². The lowest BCUT2D eigenvalue weighted by molar-refractivity contribution is -0.138. The molecule has 4 nitrogen and oxygen atoms in total. The zero-order valence-electron chi connectivity index (χ0n) is 10.4. The molecule has 0 fully saturated rings. The van der Waals surface area contributed by atoms with Crippen LogP contribution in [0.15, 0.2) is 28.5 Å². The minimum Gasteiger partial charge on any atom is -0.263 e. The van der Waals surface area contributed by atoms with Crippen molar-refractivity contribution in [2.45, 2.75) is 17.3 Å². The molecule has 10 heteroatoms. The monoisotopic (exact) mass is 356 g/mol. The molecule has 0 aliphatic rings. The first-order valence-corrected chi connectivity index (χ1v) is 8.10. The summed E-state index contributed by atoms with van der Waals surface area (Å²) in [5.74, 6) is -0.190. The Morgan fingerprint density at radius 2 is 1.90 bits per heavy atom. The summed E-state index contributed by atoms with van der Waals surface area (Å²) in [5.41, 5.74) is -1.23. The smallest absolute Gasteiger partial charge is 0.263 e. The summed E-state index contributed by atoms with van der Waals surface area (Å²) < 4.78 is 64.1. The average molecular weight is 357 g/mol. The van der Waals surface area contributed by atoms with E-state index in [1.165, 1.54) is 12.1 Å². The maximum Gasteiger partial charge on any atom is 0.418 e. The van der Waals surface area contributed by atoms with E-state index >= 15 is 0 Å². The molecule has 0 spiro atoms. The van der Waals surface area contributed by atoms with Gasteiger partial charge in [0, 0.05) is 0 Å². The van der Waals surface area contributed by atoms with Crippen LogP contribution >= 0.6 is 22.9 Å². The topological polar surface area (TPSA) is 59.1 Å². The number of alkyl halides is 3. The predicted molar refractivity (Wildman–Crippen MR) is 74.1 cm³/mol. The van der Waals surface area contributed by atoms with Crippen LogP contribution in [0.3, 0.4) is 0 Å². The first-order chi connectivity index (χ1) is 9.59. The normalized spacial score (nSPS) is 12.4. The summed E-state index contributed by atoms with van der Waals surface area (Å²) in [6.45, 7) is 1.16. The number of aromatic nitrogens is 1. The molecule has 21 heavy (non-hydrogen) atoms. The maximum atomic E-state index is 12.6. The van der Waals surface area contributed by atoms with E-state index in [1.807, 2.05) is 0 Å². The van der Waals surface area contributed by atoms with E-state index in [0.29, 0.717) is 0 Å². The van der Waals surface area contributed by atoms with Gasteiger partial charge in [-0.15, -0.1) is 11.3 Å². The molecule has 0 saturated carbocycles. The van der Waals surface area contributed by atoms with Gasteiger partial charge in [-0.25, -0.2) is 13.4 Å². The van der Waals surface area contributed by atoms with Gasteiger partial charge in [-0.1, -0.05) is 11.6 Å². The molecule has 0 atom stereocenters. The van der Waals surface area contributed by atoms with Gasteiger partial charge in [-0.05, 0) is 31.2 Å². The third-order valence-electron chi connectivity index (χ3n) is 2.44. The number of pyridine rings is 1. The van der Waals surface area contributed by atoms with Crippen LogP contribution in [-0.2, 0) is 16.2 Å². The number of nitrogens with zero attached hydrogens (tertiary/aromatic N) is 1. The van der Waals surface area contributed by atoms with Crippen LogP contribution in [0, 0.1) is 6.92 Å². The highest BCUT2D eigenvalue weighted by Gasteiger charge is 2.33. The molecule has 2 rings (SSSR count). The molecule has 114 valence electrons. The number of rotatable bonds is 3. The van der Waals surface area contributed by atoms with Crippen LogP contribution in [-0.4, -0.2) is 13.4 Å². The fourth-order valence-corrected chi connectivity index (χ4v) is 4.03. The van der Waals surface area contributed by atoms with Gasteiger partial charge >= 0.3 is 6.18 Å². The number of hydrogen-bond donors (Lipinski definition) is 1. The van der Waals surface area contributed by atoms with E-state index in [2.05, 4.69) is 9.71 Å². The van der Waals surface area contributed by atoms with E-state index < -0.39 is 21.8 Å². The minimum atomic E-state index is -4.53. The third kappa shape index (κ3) is 3.66. The number of aryl methyl sites for hydroxylation is 1. The van der Waals surface area contributed by atoms with Gasteiger partial charge in [0.2, 0.25) is 0 Å². The van der Waals surface area contributed by atoms with Crippen molar-refractivity contribution in [1.82, 2.24) is 4.98 Å². The number of nitrogens with one attached hydrogen (secondary N) is 1. The molecule has 0 radical (unpaired) electrons. The first-order valence-electron chi connectivity index (χ1n) is 5.42. The van der Waals surface area contributed by atoms with Crippen molar-refractivity contribution in [3.63, 3.8) is 0 Å². The number of anilines is 1. The van der Waals surface area contributed by atoms with Crippen molar-refractivity contribution >= 4 is 38.8 Å². The van der Waals surface area contributed by atoms with Crippen LogP contribution in [0.25, 0.3) is 0 Å². The standard InChI is InChI=1S/C11H8ClF3N2O2S2/c1-6-7(11(13,14)15)2-4-9(16-6)17-21(18,19)10-5-3-8(12)20-10/h2-5H,1H3,(H,16,17). The molecule has 0 unspecified atom stereocenters. The molecule has 0 aliphatic heterocycles. The highest BCUT2D eigenvalue weighted by atomic mass is 35.5. The Labute approximate surface area is 127 Å². The third-order valence-corrected chi connectivity index (χ3v) is 5.52. The molecule has 0 bridgehead atoms. The van der Waals surface area contributed by atoms with Crippen molar-refractivity contribution in [2.24, 2.45) is 0 Å². The van der Waals surface area contributed by atoms with Crippen molar-refractivity contribution in [2.75, 3.05) is 4.72 Å². The fourth-order valence-electron chi connectivity index (χ4n) is 1.55. The quantitative estimate of drug-likeness (QED) is 0.906. The Balaban J connectivity index is 2.31. The Bertz CT molecular complexity index is 772. The highest BCUT2D eigenvalue weighted by Crippen LogP contribution is 2.32. The Kier molecular flexibility index (Phi) is 4.18. The van der Waals surface area contributed by atoms with Gasteiger partial charge in [0.1, 0.15) is 10.0 Å². The van der Waals surface area contributed by atoms with Crippen LogP contribution in [0.4, 0.5) is 19.0 Å². The van der Waals surface area contributed by atoms with Gasteiger partial charge < -0.3 is 0 Å². The molecular weight excluding hydrogens is 349 g/mol. The maximum absolute atomic E-state index is 12.6. The molecule has 0 aromatic carbocycles. The number of sulfonamides is 1. The molecular formula is C11H8ClF3N2O2S2. The van der Waals surface area contributed by atoms with Crippen molar-refractivity contribution < 1.29 is 21.6 Å². The van der Waals surface area contributed by atoms with E-state index in [4.69, 9.17) is 11.6 Å². The summed E-state index contributed by atoms with van der Waals surface area (Å²) in [5, 5.41) is 0. The first kappa shape index (κ1) is 16.1. The van der Waals surface area contributed by atoms with Crippen LogP contribution < -0.4 is 4.72 Å². The summed E-state index contributed by atoms with van der Waals surface area (Å²) in [6, 6.07) is 4.45. The van der Waals surface area contributed by atoms with Gasteiger partial charge in [0.15, 0.2) is 0 Å². The second-order valence-electron chi connectivity index (χ2n) is 3.99. The lowest BCUT2D eigenvalue weighted by Crippen LogP contribution is -2.15. The molecule has 2 heterocycles. The average Bonchev–Trinajstić information content (AvgIpc) is 2.74. The second-order valence-corrected chi connectivity index (χ2v) is 7.62.